The van der Waals surface area contributed by atoms with E-state index < -0.39 is 29.2 Å². The number of rotatable bonds is 9. The number of carbonyl (C=O) groups is 3. The van der Waals surface area contributed by atoms with Gasteiger partial charge >= 0.3 is 5.97 Å². The van der Waals surface area contributed by atoms with Gasteiger partial charge in [0.25, 0.3) is 11.8 Å². The summed E-state index contributed by atoms with van der Waals surface area (Å²) < 4.78 is 12.5. The number of aliphatic carboxylic acids is 1. The van der Waals surface area contributed by atoms with Crippen molar-refractivity contribution in [2.24, 2.45) is 12.2 Å². The average Bonchev–Trinajstić information content (AvgIpc) is 3.75. The van der Waals surface area contributed by atoms with Crippen molar-refractivity contribution in [1.29, 1.82) is 0 Å². The first-order valence-electron chi connectivity index (χ1n) is 12.2. The fraction of sp³-hybridized carbons (Fsp3) is 0.217. The van der Waals surface area contributed by atoms with Gasteiger partial charge < -0.3 is 21.0 Å². The molecule has 4 aromatic heterocycles. The van der Waals surface area contributed by atoms with Gasteiger partial charge in [0, 0.05) is 34.5 Å². The highest BCUT2D eigenvalue weighted by atomic mass is 32.2. The van der Waals surface area contributed by atoms with E-state index in [4.69, 9.17) is 10.6 Å². The normalized spacial score (nSPS) is 18.3. The summed E-state index contributed by atoms with van der Waals surface area (Å²) in [6.45, 7) is 0. The lowest BCUT2D eigenvalue weighted by atomic mass is 10.0. The number of pyridine rings is 1. The van der Waals surface area contributed by atoms with E-state index in [1.54, 1.807) is 10.9 Å². The van der Waals surface area contributed by atoms with Gasteiger partial charge in [-0.2, -0.15) is 18.7 Å². The first kappa shape index (κ1) is 28.7. The van der Waals surface area contributed by atoms with Crippen LogP contribution >= 0.6 is 46.6 Å². The van der Waals surface area contributed by atoms with Crippen molar-refractivity contribution < 1.29 is 28.9 Å². The smallest absolute Gasteiger partial charge is 0.353 e. The van der Waals surface area contributed by atoms with Gasteiger partial charge in [-0.3, -0.25) is 19.1 Å². The Morgan fingerprint density at radius 3 is 2.86 bits per heavy atom. The highest BCUT2D eigenvalue weighted by molar-refractivity contribution is 8.07. The number of hydrogen-bond acceptors (Lipinski definition) is 15. The molecule has 4 N–H and O–H groups in total. The molecule has 0 spiro atoms. The van der Waals surface area contributed by atoms with Gasteiger partial charge in [0.2, 0.25) is 17.5 Å². The van der Waals surface area contributed by atoms with E-state index in [1.807, 2.05) is 42.3 Å². The molecule has 43 heavy (non-hydrogen) atoms. The van der Waals surface area contributed by atoms with Crippen molar-refractivity contribution in [2.45, 2.75) is 15.8 Å². The summed E-state index contributed by atoms with van der Waals surface area (Å²) in [6, 6.07) is 2.88. The summed E-state index contributed by atoms with van der Waals surface area (Å²) in [5.74, 6) is -2.01. The number of oxime groups is 1. The molecule has 2 aliphatic heterocycles. The fourth-order valence-corrected chi connectivity index (χ4v) is 7.93. The minimum Gasteiger partial charge on any atom is -0.477 e. The third-order valence-electron chi connectivity index (χ3n) is 6.13. The van der Waals surface area contributed by atoms with E-state index in [2.05, 4.69) is 34.2 Å². The molecule has 6 heterocycles. The van der Waals surface area contributed by atoms with Crippen molar-refractivity contribution in [3.8, 4) is 17.2 Å². The number of fused-ring (bicyclic) bond motifs is 1. The second-order valence-electron chi connectivity index (χ2n) is 8.90. The monoisotopic (exact) mass is 658 g/mol. The summed E-state index contributed by atoms with van der Waals surface area (Å²) in [6.07, 6.45) is 7.29. The molecule has 1 unspecified atom stereocenters. The molecule has 0 saturated carbocycles. The summed E-state index contributed by atoms with van der Waals surface area (Å²) in [5, 5.41) is 15.8. The summed E-state index contributed by atoms with van der Waals surface area (Å²) in [5.41, 5.74) is 6.86. The minimum atomic E-state index is -1.27. The van der Waals surface area contributed by atoms with Gasteiger partial charge in [-0.25, -0.2) is 14.3 Å². The summed E-state index contributed by atoms with van der Waals surface area (Å²) >= 11 is 4.42. The van der Waals surface area contributed by atoms with Crippen LogP contribution in [0.2, 0.25) is 0 Å². The topological polar surface area (TPSA) is 208 Å². The Hall–Kier alpha value is -4.40. The number of nitrogens with zero attached hydrogens (tertiary/aromatic N) is 9. The van der Waals surface area contributed by atoms with Gasteiger partial charge in [0.15, 0.2) is 21.9 Å². The van der Waals surface area contributed by atoms with Gasteiger partial charge in [-0.05, 0) is 17.6 Å². The zero-order valence-corrected chi connectivity index (χ0v) is 25.4. The molecule has 0 aromatic carbocycles. The van der Waals surface area contributed by atoms with E-state index in [0.29, 0.717) is 15.2 Å². The molecular formula is C23H20N11O5S4+. The Morgan fingerprint density at radius 1 is 1.30 bits per heavy atom. The second-order valence-corrected chi connectivity index (χ2v) is 12.9. The molecule has 1 saturated heterocycles. The third-order valence-corrected chi connectivity index (χ3v) is 9.96. The lowest BCUT2D eigenvalue weighted by molar-refractivity contribution is -0.671. The number of carboxylic acid groups (broad SMARTS) is 1. The third kappa shape index (κ3) is 5.56. The molecular weight excluding hydrogens is 639 g/mol. The molecule has 0 radical (unpaired) electrons. The Bertz CT molecular complexity index is 1820. The van der Waals surface area contributed by atoms with E-state index in [9.17, 15) is 19.5 Å². The highest BCUT2D eigenvalue weighted by Crippen LogP contribution is 2.45. The van der Waals surface area contributed by atoms with Gasteiger partial charge in [-0.15, -0.1) is 11.8 Å². The number of imidazole rings is 1. The number of aryl methyl sites for hydroxylation is 1. The van der Waals surface area contributed by atoms with Crippen LogP contribution in [-0.4, -0.2) is 86.0 Å². The average molecular weight is 659 g/mol. The molecule has 220 valence electrons. The molecule has 20 heteroatoms. The van der Waals surface area contributed by atoms with Crippen LogP contribution in [0, 0.1) is 0 Å². The fourth-order valence-electron chi connectivity index (χ4n) is 4.26. The number of β-lactam (4-membered cyclic amide) rings is 1. The number of nitrogens with two attached hydrogens (primary N) is 1. The number of nitrogen functional groups attached to an aromatic ring is 1. The van der Waals surface area contributed by atoms with Crippen molar-refractivity contribution in [2.75, 3.05) is 18.6 Å². The number of carbonyl (C=O) groups excluding carboxylic acids is 2. The van der Waals surface area contributed by atoms with Gasteiger partial charge in [0.05, 0.1) is 11.3 Å². The van der Waals surface area contributed by atoms with Crippen molar-refractivity contribution in [3.05, 3.63) is 53.5 Å². The summed E-state index contributed by atoms with van der Waals surface area (Å²) in [4.78, 5) is 57.6. The predicted molar refractivity (Wildman–Crippen MR) is 157 cm³/mol. The number of thioether (sulfide) groups is 2. The van der Waals surface area contributed by atoms with Crippen LogP contribution in [0.3, 0.4) is 0 Å². The van der Waals surface area contributed by atoms with Crippen molar-refractivity contribution in [3.63, 3.8) is 0 Å². The van der Waals surface area contributed by atoms with Crippen LogP contribution in [-0.2, 0) is 26.3 Å². The lowest BCUT2D eigenvalue weighted by Crippen LogP contribution is -2.71. The quantitative estimate of drug-likeness (QED) is 0.0970. The Morgan fingerprint density at radius 2 is 2.14 bits per heavy atom. The van der Waals surface area contributed by atoms with Crippen molar-refractivity contribution >= 4 is 75.2 Å². The van der Waals surface area contributed by atoms with Crippen LogP contribution in [0.4, 0.5) is 5.13 Å². The Kier molecular flexibility index (Phi) is 7.81. The minimum absolute atomic E-state index is 0.0518. The molecule has 6 rings (SSSR count). The van der Waals surface area contributed by atoms with Crippen LogP contribution < -0.4 is 15.6 Å². The molecule has 4 aromatic rings. The van der Waals surface area contributed by atoms with Crippen molar-refractivity contribution in [1.82, 2.24) is 38.5 Å². The first-order chi connectivity index (χ1) is 20.7. The largest absolute Gasteiger partial charge is 0.477 e. The number of carboxylic acids is 1. The maximum Gasteiger partial charge on any atom is 0.353 e. The maximum atomic E-state index is 13.1. The zero-order valence-electron chi connectivity index (χ0n) is 22.1. The predicted octanol–water partition coefficient (Wildman–Crippen LogP) is 0.488. The van der Waals surface area contributed by atoms with Crippen LogP contribution in [0.1, 0.15) is 5.82 Å². The molecule has 2 amide bonds. The number of nitrogens with one attached hydrogen (secondary N) is 1. The van der Waals surface area contributed by atoms with E-state index in [1.165, 1.54) is 23.8 Å². The zero-order chi connectivity index (χ0) is 30.2. The van der Waals surface area contributed by atoms with E-state index >= 15 is 0 Å². The molecule has 0 bridgehead atoms. The van der Waals surface area contributed by atoms with E-state index in [0.717, 1.165) is 46.1 Å². The van der Waals surface area contributed by atoms with E-state index in [-0.39, 0.29) is 28.1 Å². The van der Waals surface area contributed by atoms with Crippen LogP contribution in [0.15, 0.2) is 57.1 Å². The molecule has 2 atom stereocenters. The molecule has 16 nitrogen and oxygen atoms in total. The SMILES string of the molecule is CO/N=C(\C(=O)N[C@@H]1C(=O)N2C(C(=O)O)=C(Sc3nc(-n4cnc(-c5ccc[n+](C)c5)c4)ns3)CSC12)c1nsc(N)n1. The Labute approximate surface area is 259 Å². The van der Waals surface area contributed by atoms with Crippen LogP contribution in [0.25, 0.3) is 17.2 Å². The molecule has 0 aliphatic carbocycles. The maximum absolute atomic E-state index is 13.1. The standard InChI is InChI=1S/C23H19N11O5S4/c1-32-5-3-4-10(6-32)11-7-33(9-25-11)22-28-23(43-31-22)41-12-8-40-19-14(18(36)34(19)15(12)20(37)38)26-17(35)13(29-39-2)16-27-21(24)42-30-16/h3-7,9,14,19H,8H2,1-2H3,(H3-,24,26,27,30,35,37,38)/p+1/b29-13-/t14-,19?/m1/s1. The van der Waals surface area contributed by atoms with Crippen LogP contribution in [0.5, 0.6) is 0 Å². The first-order valence-corrected chi connectivity index (χ1v) is 15.6. The highest BCUT2D eigenvalue weighted by Gasteiger charge is 2.54. The number of amides is 2. The number of aromatic nitrogens is 7. The summed E-state index contributed by atoms with van der Waals surface area (Å²) in [7, 11) is 3.17. The number of hydrogen-bond donors (Lipinski definition) is 3. The van der Waals surface area contributed by atoms with Gasteiger partial charge in [-0.1, -0.05) is 16.9 Å². The Balaban J connectivity index is 1.17. The second kappa shape index (κ2) is 11.7. The number of anilines is 1. The molecule has 1 fully saturated rings. The lowest BCUT2D eigenvalue weighted by Gasteiger charge is -2.49. The molecule has 2 aliphatic rings. The van der Waals surface area contributed by atoms with Gasteiger partial charge in [0.1, 0.15) is 37.6 Å².